The van der Waals surface area contributed by atoms with Gasteiger partial charge in [0.25, 0.3) is 0 Å². The molecule has 28 heavy (non-hydrogen) atoms. The molecular weight excluding hydrogens is 419 g/mol. The second-order valence-electron chi connectivity index (χ2n) is 7.37. The predicted octanol–water partition coefficient (Wildman–Crippen LogP) is 4.93. The molecule has 2 aliphatic rings. The number of rotatable bonds is 4. The van der Waals surface area contributed by atoms with E-state index < -0.39 is 5.95 Å². The van der Waals surface area contributed by atoms with Gasteiger partial charge in [-0.15, -0.1) is 11.8 Å². The molecule has 9 heteroatoms. The van der Waals surface area contributed by atoms with Gasteiger partial charge < -0.3 is 9.64 Å². The van der Waals surface area contributed by atoms with E-state index in [1.807, 2.05) is 6.26 Å². The second kappa shape index (κ2) is 8.34. The topological polar surface area (TPSA) is 51.1 Å². The Morgan fingerprint density at radius 2 is 2.11 bits per heavy atom. The number of ether oxygens (including phenoxy) is 1. The van der Waals surface area contributed by atoms with Crippen LogP contribution in [0.4, 0.5) is 10.2 Å². The van der Waals surface area contributed by atoms with Gasteiger partial charge in [0.2, 0.25) is 5.95 Å². The van der Waals surface area contributed by atoms with E-state index in [9.17, 15) is 4.39 Å². The van der Waals surface area contributed by atoms with Crippen LogP contribution in [0.25, 0.3) is 0 Å². The van der Waals surface area contributed by atoms with Crippen LogP contribution in [0.1, 0.15) is 26.2 Å². The monoisotopic (exact) mass is 440 g/mol. The van der Waals surface area contributed by atoms with E-state index in [4.69, 9.17) is 21.3 Å². The van der Waals surface area contributed by atoms with Crippen molar-refractivity contribution >= 4 is 40.9 Å². The lowest BCUT2D eigenvalue weighted by Gasteiger charge is -2.39. The zero-order valence-corrected chi connectivity index (χ0v) is 18.2. The molecule has 0 N–H and O–H groups in total. The van der Waals surface area contributed by atoms with Gasteiger partial charge in [0.1, 0.15) is 15.1 Å². The smallest absolute Gasteiger partial charge is 0.232 e. The Bertz CT molecular complexity index is 864. The van der Waals surface area contributed by atoms with Crippen molar-refractivity contribution < 1.29 is 9.13 Å². The number of nitrogens with zero attached hydrogens (tertiary/aromatic N) is 4. The Labute approximate surface area is 177 Å². The number of halogens is 2. The first-order valence-corrected chi connectivity index (χ1v) is 11.7. The van der Waals surface area contributed by atoms with Gasteiger partial charge in [0, 0.05) is 24.2 Å². The summed E-state index contributed by atoms with van der Waals surface area (Å²) in [4.78, 5) is 15.9. The highest BCUT2D eigenvalue weighted by Crippen LogP contribution is 2.43. The minimum Gasteiger partial charge on any atom is -0.378 e. The average Bonchev–Trinajstić information content (AvgIpc) is 3.06. The quantitative estimate of drug-likeness (QED) is 0.493. The molecule has 2 aromatic rings. The zero-order valence-electron chi connectivity index (χ0n) is 15.8. The molecule has 0 bridgehead atoms. The van der Waals surface area contributed by atoms with Crippen molar-refractivity contribution in [1.29, 1.82) is 0 Å². The molecule has 0 amide bonds. The minimum atomic E-state index is -0.672. The molecule has 2 aromatic heterocycles. The third-order valence-corrected chi connectivity index (χ3v) is 7.54. The molecule has 1 spiro atoms. The van der Waals surface area contributed by atoms with E-state index in [0.717, 1.165) is 49.8 Å². The molecule has 0 aromatic carbocycles. The first kappa shape index (κ1) is 20.2. The van der Waals surface area contributed by atoms with Crippen molar-refractivity contribution in [1.82, 2.24) is 15.0 Å². The molecular formula is C19H22ClFN4OS2. The fraction of sp³-hybridized carbons (Fsp3) is 0.526. The van der Waals surface area contributed by atoms with Crippen molar-refractivity contribution in [2.45, 2.75) is 47.2 Å². The maximum atomic E-state index is 13.6. The first-order valence-electron chi connectivity index (χ1n) is 9.25. The van der Waals surface area contributed by atoms with Crippen LogP contribution in [0.3, 0.4) is 0 Å². The lowest BCUT2D eigenvalue weighted by molar-refractivity contribution is 0.0975. The van der Waals surface area contributed by atoms with Crippen LogP contribution >= 0.6 is 35.1 Å². The lowest BCUT2D eigenvalue weighted by Crippen LogP contribution is -2.41. The van der Waals surface area contributed by atoms with Crippen LogP contribution in [-0.4, -0.2) is 47.0 Å². The summed E-state index contributed by atoms with van der Waals surface area (Å²) in [5.41, 5.74) is 0.334. The average molecular weight is 441 g/mol. The lowest BCUT2D eigenvalue weighted by atomic mass is 9.77. The molecule has 2 saturated heterocycles. The van der Waals surface area contributed by atoms with Crippen molar-refractivity contribution in [3.63, 3.8) is 0 Å². The number of aromatic nitrogens is 3. The second-order valence-corrected chi connectivity index (χ2v) is 9.60. The molecule has 4 heterocycles. The Balaban J connectivity index is 1.49. The summed E-state index contributed by atoms with van der Waals surface area (Å²) >= 11 is 8.88. The molecule has 0 saturated carbocycles. The molecule has 150 valence electrons. The van der Waals surface area contributed by atoms with Gasteiger partial charge in [-0.2, -0.15) is 4.39 Å². The summed E-state index contributed by atoms with van der Waals surface area (Å²) in [6, 6.07) is 1.68. The van der Waals surface area contributed by atoms with Gasteiger partial charge in [-0.05, 0) is 43.9 Å². The Hall–Kier alpha value is -1.09. The number of piperidine rings is 1. The third kappa shape index (κ3) is 4.10. The van der Waals surface area contributed by atoms with Crippen molar-refractivity contribution in [3.05, 3.63) is 29.4 Å². The van der Waals surface area contributed by atoms with Crippen molar-refractivity contribution in [2.75, 3.05) is 30.9 Å². The molecule has 0 aliphatic carbocycles. The minimum absolute atomic E-state index is 0.0124. The van der Waals surface area contributed by atoms with Gasteiger partial charge in [0.05, 0.1) is 18.9 Å². The summed E-state index contributed by atoms with van der Waals surface area (Å²) in [5, 5.41) is 1.58. The summed E-state index contributed by atoms with van der Waals surface area (Å²) in [6.07, 6.45) is 8.90. The van der Waals surface area contributed by atoms with Crippen LogP contribution in [0.2, 0.25) is 5.02 Å². The van der Waals surface area contributed by atoms with Gasteiger partial charge >= 0.3 is 0 Å². The van der Waals surface area contributed by atoms with Crippen LogP contribution in [0.5, 0.6) is 0 Å². The molecule has 0 unspecified atom stereocenters. The van der Waals surface area contributed by atoms with Crippen LogP contribution in [0, 0.1) is 11.4 Å². The highest BCUT2D eigenvalue weighted by Gasteiger charge is 2.41. The number of anilines is 1. The van der Waals surface area contributed by atoms with Crippen LogP contribution in [-0.2, 0) is 4.74 Å². The van der Waals surface area contributed by atoms with E-state index in [-0.39, 0.29) is 5.02 Å². The Kier molecular flexibility index (Phi) is 6.01. The predicted molar refractivity (Wildman–Crippen MR) is 111 cm³/mol. The van der Waals surface area contributed by atoms with E-state index in [1.54, 1.807) is 24.0 Å². The summed E-state index contributed by atoms with van der Waals surface area (Å²) in [5.74, 6) is 0.250. The molecule has 2 fully saturated rings. The van der Waals surface area contributed by atoms with Crippen LogP contribution < -0.4 is 4.90 Å². The third-order valence-electron chi connectivity index (χ3n) is 5.44. The highest BCUT2D eigenvalue weighted by molar-refractivity contribution is 7.99. The van der Waals surface area contributed by atoms with Crippen molar-refractivity contribution in [3.8, 4) is 0 Å². The fourth-order valence-corrected chi connectivity index (χ4v) is 5.54. The molecule has 0 radical (unpaired) electrons. The van der Waals surface area contributed by atoms with Crippen molar-refractivity contribution in [2.24, 2.45) is 5.41 Å². The normalized spacial score (nSPS) is 21.4. The summed E-state index contributed by atoms with van der Waals surface area (Å²) in [7, 11) is 0. The number of hydrogen-bond donors (Lipinski definition) is 0. The van der Waals surface area contributed by atoms with Crippen LogP contribution in [0.15, 0.2) is 33.4 Å². The van der Waals surface area contributed by atoms with Gasteiger partial charge in [0.15, 0.2) is 5.82 Å². The molecule has 1 atom stereocenters. The maximum absolute atomic E-state index is 13.6. The van der Waals surface area contributed by atoms with E-state index in [0.29, 0.717) is 21.4 Å². The molecule has 5 nitrogen and oxygen atoms in total. The van der Waals surface area contributed by atoms with Gasteiger partial charge in [-0.25, -0.2) is 15.0 Å². The largest absolute Gasteiger partial charge is 0.378 e. The Morgan fingerprint density at radius 3 is 2.79 bits per heavy atom. The Morgan fingerprint density at radius 1 is 1.32 bits per heavy atom. The maximum Gasteiger partial charge on any atom is 0.232 e. The van der Waals surface area contributed by atoms with E-state index >= 15 is 0 Å². The first-order chi connectivity index (χ1) is 13.5. The number of hydrogen-bond acceptors (Lipinski definition) is 7. The molecule has 2 aliphatic heterocycles. The highest BCUT2D eigenvalue weighted by atomic mass is 35.5. The molecule has 4 rings (SSSR count). The van der Waals surface area contributed by atoms with E-state index in [1.165, 1.54) is 18.0 Å². The van der Waals surface area contributed by atoms with E-state index in [2.05, 4.69) is 21.8 Å². The number of thioether (sulfide) groups is 1. The fourth-order valence-electron chi connectivity index (χ4n) is 3.93. The summed E-state index contributed by atoms with van der Waals surface area (Å²) < 4.78 is 19.4. The zero-order chi connectivity index (χ0) is 19.7. The SMILES string of the molecule is CSc1nc(Sc2ccnc(F)c2Cl)cnc1N1CCC2(CC1)CO[C@@H](C)C2. The summed E-state index contributed by atoms with van der Waals surface area (Å²) in [6.45, 7) is 4.97. The van der Waals surface area contributed by atoms with Gasteiger partial charge in [-0.1, -0.05) is 23.4 Å². The van der Waals surface area contributed by atoms with Gasteiger partial charge in [-0.3, -0.25) is 0 Å². The number of pyridine rings is 1. The standard InChI is InChI=1S/C19H22ClFN4OS2/c1-12-9-19(11-26-12)4-7-25(8-5-19)17-18(27-2)24-14(10-23-17)28-13-3-6-22-16(21)15(13)20/h3,6,10,12H,4-5,7-9,11H2,1-2H3/t12-/m0/s1.